The van der Waals surface area contributed by atoms with E-state index >= 15 is 0 Å². The molecule has 8 nitrogen and oxygen atoms in total. The number of H-pyrrole nitrogens is 1. The smallest absolute Gasteiger partial charge is 0.258 e. The Morgan fingerprint density at radius 1 is 1.20 bits per heavy atom. The van der Waals surface area contributed by atoms with Crippen molar-refractivity contribution in [3.05, 3.63) is 74.3 Å². The number of anilines is 2. The van der Waals surface area contributed by atoms with Crippen molar-refractivity contribution in [2.45, 2.75) is 40.0 Å². The van der Waals surface area contributed by atoms with Crippen molar-refractivity contribution in [2.24, 2.45) is 13.0 Å². The van der Waals surface area contributed by atoms with Crippen LogP contribution in [0.4, 0.5) is 11.6 Å². The number of benzene rings is 2. The predicted molar refractivity (Wildman–Crippen MR) is 168 cm³/mol. The number of allylic oxidation sites excluding steroid dienone is 1. The fraction of sp³-hybridized carbons (Fsp3) is 0.387. The van der Waals surface area contributed by atoms with Gasteiger partial charge in [0, 0.05) is 45.3 Å². The Morgan fingerprint density at radius 3 is 2.63 bits per heavy atom. The molecule has 1 unspecified atom stereocenters. The fourth-order valence-electron chi connectivity index (χ4n) is 5.80. The van der Waals surface area contributed by atoms with Gasteiger partial charge in [0.1, 0.15) is 0 Å². The van der Waals surface area contributed by atoms with Crippen molar-refractivity contribution in [2.75, 3.05) is 31.5 Å². The van der Waals surface area contributed by atoms with Crippen LogP contribution in [0.2, 0.25) is 10.0 Å². The van der Waals surface area contributed by atoms with Crippen LogP contribution >= 0.6 is 23.2 Å². The number of para-hydroxylation sites is 1. The summed E-state index contributed by atoms with van der Waals surface area (Å²) in [6.45, 7) is 9.24. The van der Waals surface area contributed by atoms with Gasteiger partial charge in [0.15, 0.2) is 0 Å². The van der Waals surface area contributed by atoms with Crippen LogP contribution in [0.15, 0.2) is 47.4 Å². The molecular formula is C31H36Cl2N6O2. The minimum atomic E-state index is -0.159. The number of aromatic amines is 1. The van der Waals surface area contributed by atoms with Crippen LogP contribution in [0.5, 0.6) is 0 Å². The van der Waals surface area contributed by atoms with E-state index < -0.39 is 0 Å². The molecule has 0 saturated carbocycles. The highest BCUT2D eigenvalue weighted by Gasteiger charge is 2.27. The number of likely N-dealkylation sites (tertiary alicyclic amines) is 1. The van der Waals surface area contributed by atoms with E-state index in [1.54, 1.807) is 18.2 Å². The highest BCUT2D eigenvalue weighted by atomic mass is 35.5. The van der Waals surface area contributed by atoms with Gasteiger partial charge in [0.05, 0.1) is 38.1 Å². The van der Waals surface area contributed by atoms with Crippen LogP contribution in [0.25, 0.3) is 21.8 Å². The SMILES string of the molecule is CCN(CC)C(=O)C1CCCN(/C=C/Cc2[nH]c(=O)c3c(ccc4nc(Nc5c(Cl)cccc5Cl)n(C)c43)c2C)C1. The van der Waals surface area contributed by atoms with E-state index in [9.17, 15) is 9.59 Å². The van der Waals surface area contributed by atoms with Crippen LogP contribution in [0.3, 0.4) is 0 Å². The third-order valence-electron chi connectivity index (χ3n) is 8.10. The largest absolute Gasteiger partial charge is 0.377 e. The van der Waals surface area contributed by atoms with E-state index in [0.717, 1.165) is 61.2 Å². The number of carbonyl (C=O) groups is 1. The zero-order chi connectivity index (χ0) is 29.3. The Bertz CT molecular complexity index is 1670. The summed E-state index contributed by atoms with van der Waals surface area (Å²) >= 11 is 12.7. The quantitative estimate of drug-likeness (QED) is 0.246. The molecule has 0 aliphatic carbocycles. The number of carbonyl (C=O) groups excluding carboxylic acids is 1. The minimum Gasteiger partial charge on any atom is -0.377 e. The average molecular weight is 596 g/mol. The molecule has 2 N–H and O–H groups in total. The fourth-order valence-corrected chi connectivity index (χ4v) is 6.30. The third-order valence-corrected chi connectivity index (χ3v) is 8.73. The van der Waals surface area contributed by atoms with Gasteiger partial charge in [-0.3, -0.25) is 9.59 Å². The van der Waals surface area contributed by atoms with Crippen molar-refractivity contribution in [1.29, 1.82) is 0 Å². The van der Waals surface area contributed by atoms with E-state index in [4.69, 9.17) is 28.2 Å². The monoisotopic (exact) mass is 594 g/mol. The molecular weight excluding hydrogens is 559 g/mol. The zero-order valence-corrected chi connectivity index (χ0v) is 25.4. The molecule has 1 amide bonds. The molecule has 10 heteroatoms. The lowest BCUT2D eigenvalue weighted by Gasteiger charge is -2.34. The number of nitrogens with one attached hydrogen (secondary N) is 2. The standard InChI is InChI=1S/C31H36Cl2N6O2/c1-5-39(6-2)30(41)20-10-8-16-38(18-20)17-9-13-24-19(3)21-14-15-25-28(26(21)29(40)34-24)37(4)31(35-25)36-27-22(32)11-7-12-23(27)33/h7,9,11-12,14-15,17,20H,5-6,8,10,13,16,18H2,1-4H3,(H,34,40)(H,35,36)/b17-9+. The van der Waals surface area contributed by atoms with Gasteiger partial charge in [-0.15, -0.1) is 0 Å². The van der Waals surface area contributed by atoms with E-state index in [2.05, 4.69) is 27.5 Å². The number of piperidine rings is 1. The van der Waals surface area contributed by atoms with Crippen molar-refractivity contribution in [3.63, 3.8) is 0 Å². The first kappa shape index (κ1) is 29.0. The van der Waals surface area contributed by atoms with Gasteiger partial charge >= 0.3 is 0 Å². The molecule has 1 saturated heterocycles. The molecule has 3 heterocycles. The molecule has 1 aliphatic heterocycles. The number of aromatic nitrogens is 3. The summed E-state index contributed by atoms with van der Waals surface area (Å²) in [7, 11) is 1.87. The second-order valence-electron chi connectivity index (χ2n) is 10.6. The summed E-state index contributed by atoms with van der Waals surface area (Å²) in [5.41, 5.74) is 3.72. The highest BCUT2D eigenvalue weighted by Crippen LogP contribution is 2.34. The maximum absolute atomic E-state index is 13.5. The average Bonchev–Trinajstić information content (AvgIpc) is 3.28. The van der Waals surface area contributed by atoms with Crippen LogP contribution in [-0.2, 0) is 18.3 Å². The molecule has 1 aliphatic rings. The first-order chi connectivity index (χ1) is 19.7. The van der Waals surface area contributed by atoms with Gasteiger partial charge in [-0.2, -0.15) is 0 Å². The van der Waals surface area contributed by atoms with Gasteiger partial charge in [-0.1, -0.05) is 41.4 Å². The van der Waals surface area contributed by atoms with Crippen LogP contribution in [-0.4, -0.2) is 56.4 Å². The molecule has 1 fully saturated rings. The summed E-state index contributed by atoms with van der Waals surface area (Å²) in [6, 6.07) is 9.19. The molecule has 0 spiro atoms. The number of amides is 1. The van der Waals surface area contributed by atoms with Crippen LogP contribution in [0, 0.1) is 12.8 Å². The molecule has 2 aromatic carbocycles. The Kier molecular flexibility index (Phi) is 8.61. The zero-order valence-electron chi connectivity index (χ0n) is 23.9. The number of hydrogen-bond donors (Lipinski definition) is 2. The van der Waals surface area contributed by atoms with Crippen molar-refractivity contribution in [3.8, 4) is 0 Å². The Labute approximate surface area is 249 Å². The summed E-state index contributed by atoms with van der Waals surface area (Å²) < 4.78 is 1.86. The Morgan fingerprint density at radius 2 is 1.93 bits per heavy atom. The number of aryl methyl sites for hydroxylation is 2. The van der Waals surface area contributed by atoms with E-state index in [1.807, 2.05) is 49.4 Å². The van der Waals surface area contributed by atoms with Crippen molar-refractivity contribution >= 4 is 62.6 Å². The minimum absolute atomic E-state index is 0.0325. The molecule has 0 radical (unpaired) electrons. The first-order valence-electron chi connectivity index (χ1n) is 14.1. The van der Waals surface area contributed by atoms with Crippen molar-refractivity contribution in [1.82, 2.24) is 24.3 Å². The maximum Gasteiger partial charge on any atom is 0.258 e. The Hall–Kier alpha value is -3.49. The summed E-state index contributed by atoms with van der Waals surface area (Å²) in [6.07, 6.45) is 6.66. The number of rotatable bonds is 8. The summed E-state index contributed by atoms with van der Waals surface area (Å²) in [4.78, 5) is 38.3. The lowest BCUT2D eigenvalue weighted by atomic mass is 9.96. The first-order valence-corrected chi connectivity index (χ1v) is 14.9. The van der Waals surface area contributed by atoms with Gasteiger partial charge in [-0.25, -0.2) is 4.98 Å². The van der Waals surface area contributed by atoms with Gasteiger partial charge < -0.3 is 24.7 Å². The number of halogens is 2. The van der Waals surface area contributed by atoms with Gasteiger partial charge in [0.2, 0.25) is 11.9 Å². The van der Waals surface area contributed by atoms with E-state index in [0.29, 0.717) is 39.0 Å². The molecule has 5 rings (SSSR count). The highest BCUT2D eigenvalue weighted by molar-refractivity contribution is 6.39. The second kappa shape index (κ2) is 12.2. The van der Waals surface area contributed by atoms with E-state index in [1.165, 1.54) is 0 Å². The number of pyridine rings is 1. The van der Waals surface area contributed by atoms with Gasteiger partial charge in [-0.05, 0) is 69.0 Å². The molecule has 216 valence electrons. The summed E-state index contributed by atoms with van der Waals surface area (Å²) in [5.74, 6) is 0.814. The Balaban J connectivity index is 1.39. The summed E-state index contributed by atoms with van der Waals surface area (Å²) in [5, 5.41) is 5.67. The number of imidazole rings is 1. The number of fused-ring (bicyclic) bond motifs is 3. The molecule has 2 aromatic heterocycles. The van der Waals surface area contributed by atoms with Gasteiger partial charge in [0.25, 0.3) is 5.56 Å². The van der Waals surface area contributed by atoms with Crippen molar-refractivity contribution < 1.29 is 4.79 Å². The number of hydrogen-bond acceptors (Lipinski definition) is 5. The van der Waals surface area contributed by atoms with E-state index in [-0.39, 0.29) is 17.4 Å². The number of nitrogens with zero attached hydrogens (tertiary/aromatic N) is 4. The lowest BCUT2D eigenvalue weighted by Crippen LogP contribution is -2.43. The molecule has 41 heavy (non-hydrogen) atoms. The molecule has 4 aromatic rings. The predicted octanol–water partition coefficient (Wildman–Crippen LogP) is 6.41. The van der Waals surface area contributed by atoms with Crippen LogP contribution < -0.4 is 10.9 Å². The lowest BCUT2D eigenvalue weighted by molar-refractivity contribution is -0.136. The van der Waals surface area contributed by atoms with Crippen LogP contribution in [0.1, 0.15) is 37.9 Å². The topological polar surface area (TPSA) is 86.3 Å². The maximum atomic E-state index is 13.5. The third kappa shape index (κ3) is 5.68. The molecule has 1 atom stereocenters. The second-order valence-corrected chi connectivity index (χ2v) is 11.4. The normalized spacial score (nSPS) is 15.8. The molecule has 0 bridgehead atoms.